The maximum absolute atomic E-state index is 13.7. The Kier molecular flexibility index (Phi) is 5.16. The number of nitrogens with one attached hydrogen (secondary N) is 1. The van der Waals surface area contributed by atoms with Crippen molar-refractivity contribution in [2.45, 2.75) is 32.9 Å². The first-order valence-corrected chi connectivity index (χ1v) is 7.24. The third kappa shape index (κ3) is 3.81. The van der Waals surface area contributed by atoms with Gasteiger partial charge in [-0.3, -0.25) is 0 Å². The quantitative estimate of drug-likeness (QED) is 0.827. The highest BCUT2D eigenvalue weighted by molar-refractivity contribution is 6.30. The Morgan fingerprint density at radius 1 is 1.15 bits per heavy atom. The fourth-order valence-electron chi connectivity index (χ4n) is 2.09. The predicted molar refractivity (Wildman–Crippen MR) is 82.5 cm³/mol. The lowest BCUT2D eigenvalue weighted by atomic mass is 10.0. The molecule has 1 atom stereocenters. The summed E-state index contributed by atoms with van der Waals surface area (Å²) in [6, 6.07) is 13.5. The van der Waals surface area contributed by atoms with Crippen LogP contribution in [-0.4, -0.2) is 0 Å². The largest absolute Gasteiger partial charge is 0.306 e. The third-order valence-corrected chi connectivity index (χ3v) is 3.74. The van der Waals surface area contributed by atoms with Gasteiger partial charge in [0.2, 0.25) is 0 Å². The zero-order valence-electron chi connectivity index (χ0n) is 11.8. The van der Waals surface area contributed by atoms with Gasteiger partial charge in [-0.15, -0.1) is 0 Å². The Bertz CT molecular complexity index is 566. The number of hydrogen-bond donors (Lipinski definition) is 1. The molecule has 0 radical (unpaired) electrons. The molecule has 0 fully saturated rings. The first-order valence-electron chi connectivity index (χ1n) is 6.86. The smallest absolute Gasteiger partial charge is 0.129 e. The van der Waals surface area contributed by atoms with E-state index in [-0.39, 0.29) is 11.9 Å². The van der Waals surface area contributed by atoms with Crippen molar-refractivity contribution in [2.24, 2.45) is 0 Å². The molecule has 2 aromatic rings. The fourth-order valence-corrected chi connectivity index (χ4v) is 2.25. The van der Waals surface area contributed by atoms with Crippen LogP contribution in [0.4, 0.5) is 4.39 Å². The molecular formula is C17H19ClFN. The predicted octanol–water partition coefficient (Wildman–Crippen LogP) is 4.89. The van der Waals surface area contributed by atoms with E-state index in [1.165, 1.54) is 17.2 Å². The highest BCUT2D eigenvalue weighted by atomic mass is 35.5. The average Bonchev–Trinajstić information content (AvgIpc) is 2.46. The lowest BCUT2D eigenvalue weighted by Crippen LogP contribution is -2.18. The molecule has 0 aliphatic rings. The summed E-state index contributed by atoms with van der Waals surface area (Å²) >= 11 is 5.74. The molecule has 0 heterocycles. The van der Waals surface area contributed by atoms with Gasteiger partial charge in [-0.2, -0.15) is 0 Å². The molecule has 0 saturated heterocycles. The number of benzene rings is 2. The molecular weight excluding hydrogens is 273 g/mol. The second-order valence-corrected chi connectivity index (χ2v) is 5.37. The van der Waals surface area contributed by atoms with E-state index in [1.807, 2.05) is 0 Å². The van der Waals surface area contributed by atoms with E-state index in [2.05, 4.69) is 43.4 Å². The zero-order valence-corrected chi connectivity index (χ0v) is 12.5. The van der Waals surface area contributed by atoms with Crippen molar-refractivity contribution in [2.75, 3.05) is 0 Å². The van der Waals surface area contributed by atoms with Crippen molar-refractivity contribution in [1.82, 2.24) is 5.32 Å². The minimum absolute atomic E-state index is 0.177. The zero-order chi connectivity index (χ0) is 14.5. The minimum Gasteiger partial charge on any atom is -0.306 e. The molecule has 0 bridgehead atoms. The average molecular weight is 292 g/mol. The van der Waals surface area contributed by atoms with Gasteiger partial charge in [0.25, 0.3) is 0 Å². The molecule has 0 saturated carbocycles. The van der Waals surface area contributed by atoms with E-state index in [1.54, 1.807) is 12.1 Å². The van der Waals surface area contributed by atoms with Crippen molar-refractivity contribution in [3.05, 3.63) is 70.0 Å². The standard InChI is InChI=1S/C17H19ClFN/c1-3-13-4-6-14(7-5-13)12(2)20-11-15-8-9-16(18)10-17(15)19/h4-10,12,20H,3,11H2,1-2H3. The molecule has 20 heavy (non-hydrogen) atoms. The Morgan fingerprint density at radius 3 is 2.45 bits per heavy atom. The van der Waals surface area contributed by atoms with Crippen LogP contribution in [-0.2, 0) is 13.0 Å². The molecule has 1 N–H and O–H groups in total. The van der Waals surface area contributed by atoms with E-state index in [9.17, 15) is 4.39 Å². The Labute approximate surface area is 124 Å². The third-order valence-electron chi connectivity index (χ3n) is 3.50. The van der Waals surface area contributed by atoms with Crippen LogP contribution in [0.5, 0.6) is 0 Å². The summed E-state index contributed by atoms with van der Waals surface area (Å²) < 4.78 is 13.7. The van der Waals surface area contributed by atoms with Gasteiger partial charge in [0.15, 0.2) is 0 Å². The molecule has 106 valence electrons. The highest BCUT2D eigenvalue weighted by Gasteiger charge is 2.07. The highest BCUT2D eigenvalue weighted by Crippen LogP contribution is 2.17. The second kappa shape index (κ2) is 6.87. The SMILES string of the molecule is CCc1ccc(C(C)NCc2ccc(Cl)cc2F)cc1. The van der Waals surface area contributed by atoms with E-state index in [4.69, 9.17) is 11.6 Å². The second-order valence-electron chi connectivity index (χ2n) is 4.93. The first-order chi connectivity index (χ1) is 9.60. The van der Waals surface area contributed by atoms with Crippen molar-refractivity contribution < 1.29 is 4.39 Å². The van der Waals surface area contributed by atoms with Gasteiger partial charge in [-0.25, -0.2) is 4.39 Å². The number of aryl methyl sites for hydroxylation is 1. The van der Waals surface area contributed by atoms with Crippen LogP contribution in [0, 0.1) is 5.82 Å². The van der Waals surface area contributed by atoms with Crippen LogP contribution < -0.4 is 5.32 Å². The molecule has 2 rings (SSSR count). The summed E-state index contributed by atoms with van der Waals surface area (Å²) in [7, 11) is 0. The summed E-state index contributed by atoms with van der Waals surface area (Å²) in [5.41, 5.74) is 3.16. The Balaban J connectivity index is 1.98. The van der Waals surface area contributed by atoms with Crippen molar-refractivity contribution in [1.29, 1.82) is 0 Å². The monoisotopic (exact) mass is 291 g/mol. The van der Waals surface area contributed by atoms with Gasteiger partial charge in [-0.1, -0.05) is 48.9 Å². The molecule has 0 amide bonds. The van der Waals surface area contributed by atoms with E-state index in [0.29, 0.717) is 17.1 Å². The van der Waals surface area contributed by atoms with Gasteiger partial charge in [0.1, 0.15) is 5.82 Å². The molecule has 0 spiro atoms. The summed E-state index contributed by atoms with van der Waals surface area (Å²) in [5.74, 6) is -0.265. The van der Waals surface area contributed by atoms with Gasteiger partial charge < -0.3 is 5.32 Å². The van der Waals surface area contributed by atoms with Crippen LogP contribution in [0.1, 0.15) is 36.6 Å². The van der Waals surface area contributed by atoms with Crippen molar-refractivity contribution in [3.8, 4) is 0 Å². The Hall–Kier alpha value is -1.38. The molecule has 3 heteroatoms. The first kappa shape index (κ1) is 15.0. The maximum atomic E-state index is 13.7. The lowest BCUT2D eigenvalue weighted by Gasteiger charge is -2.15. The maximum Gasteiger partial charge on any atom is 0.129 e. The van der Waals surface area contributed by atoms with Crippen molar-refractivity contribution in [3.63, 3.8) is 0 Å². The molecule has 2 aromatic carbocycles. The van der Waals surface area contributed by atoms with E-state index in [0.717, 1.165) is 6.42 Å². The molecule has 0 aromatic heterocycles. The summed E-state index contributed by atoms with van der Waals surface area (Å²) in [6.45, 7) is 4.70. The summed E-state index contributed by atoms with van der Waals surface area (Å²) in [6.07, 6.45) is 1.04. The van der Waals surface area contributed by atoms with Gasteiger partial charge in [-0.05, 0) is 36.6 Å². The Morgan fingerprint density at radius 2 is 1.85 bits per heavy atom. The van der Waals surface area contributed by atoms with Gasteiger partial charge in [0, 0.05) is 23.2 Å². The van der Waals surface area contributed by atoms with Gasteiger partial charge in [0.05, 0.1) is 0 Å². The fraction of sp³-hybridized carbons (Fsp3) is 0.294. The minimum atomic E-state index is -0.265. The van der Waals surface area contributed by atoms with Crippen LogP contribution in [0.25, 0.3) is 0 Å². The van der Waals surface area contributed by atoms with Crippen LogP contribution in [0.2, 0.25) is 5.02 Å². The van der Waals surface area contributed by atoms with Gasteiger partial charge >= 0.3 is 0 Å². The topological polar surface area (TPSA) is 12.0 Å². The lowest BCUT2D eigenvalue weighted by molar-refractivity contribution is 0.544. The van der Waals surface area contributed by atoms with E-state index >= 15 is 0 Å². The molecule has 1 nitrogen and oxygen atoms in total. The number of hydrogen-bond acceptors (Lipinski definition) is 1. The number of halogens is 2. The van der Waals surface area contributed by atoms with Crippen LogP contribution in [0.3, 0.4) is 0 Å². The van der Waals surface area contributed by atoms with E-state index < -0.39 is 0 Å². The summed E-state index contributed by atoms with van der Waals surface area (Å²) in [5, 5.41) is 3.76. The number of rotatable bonds is 5. The van der Waals surface area contributed by atoms with Crippen LogP contribution in [0.15, 0.2) is 42.5 Å². The molecule has 0 aliphatic heterocycles. The normalized spacial score (nSPS) is 12.4. The molecule has 0 aliphatic carbocycles. The summed E-state index contributed by atoms with van der Waals surface area (Å²) in [4.78, 5) is 0. The van der Waals surface area contributed by atoms with Crippen LogP contribution >= 0.6 is 11.6 Å². The van der Waals surface area contributed by atoms with Crippen molar-refractivity contribution >= 4 is 11.6 Å². The molecule has 1 unspecified atom stereocenters.